The van der Waals surface area contributed by atoms with Gasteiger partial charge in [-0.05, 0) is 79.1 Å². The van der Waals surface area contributed by atoms with Crippen LogP contribution in [0.3, 0.4) is 0 Å². The Hall–Kier alpha value is -5.14. The van der Waals surface area contributed by atoms with Gasteiger partial charge in [0.15, 0.2) is 11.4 Å². The summed E-state index contributed by atoms with van der Waals surface area (Å²) in [7, 11) is -3.65. The Balaban J connectivity index is 0.972. The number of β-amino-alcohol motifs (C(OH)–C–C–N with tert-alkyl or cyclic N) is 1. The van der Waals surface area contributed by atoms with Crippen molar-refractivity contribution in [3.05, 3.63) is 99.3 Å². The van der Waals surface area contributed by atoms with Crippen molar-refractivity contribution >= 4 is 72.6 Å². The highest BCUT2D eigenvalue weighted by Crippen LogP contribution is 2.44. The third-order valence-electron chi connectivity index (χ3n) is 10.8. The molecule has 0 spiro atoms. The summed E-state index contributed by atoms with van der Waals surface area (Å²) >= 11 is 14.2. The molecule has 4 heterocycles. The lowest BCUT2D eigenvalue weighted by Crippen LogP contribution is -2.40. The first kappa shape index (κ1) is 37.4. The second-order valence-corrected chi connectivity index (χ2v) is 17.5. The number of nitrogens with zero attached hydrogens (tertiary/aromatic N) is 5. The maximum absolute atomic E-state index is 12.5. The van der Waals surface area contributed by atoms with Crippen LogP contribution in [-0.2, 0) is 27.8 Å². The number of rotatable bonds is 11. The second kappa shape index (κ2) is 15.0. The maximum atomic E-state index is 12.5. The van der Waals surface area contributed by atoms with Gasteiger partial charge in [-0.1, -0.05) is 47.5 Å². The zero-order valence-corrected chi connectivity index (χ0v) is 32.8. The SMILES string of the molecule is N#Cc1c2c(cc3nc(-c4cccc(-c5cccc(Nc6nccc7cc(CN8CC[C@@H](O)C8)cnc67)c5Cl)c4Cl)oc13)[C@@H](NCC(=O)NS(=O)(=O)C1CC1)CC2. The zero-order chi connectivity index (χ0) is 39.4. The van der Waals surface area contributed by atoms with Crippen molar-refractivity contribution < 1.29 is 22.7 Å². The molecule has 9 rings (SSSR count). The van der Waals surface area contributed by atoms with Gasteiger partial charge in [0.2, 0.25) is 21.8 Å². The van der Waals surface area contributed by atoms with Crippen molar-refractivity contribution in [1.29, 1.82) is 5.26 Å². The summed E-state index contributed by atoms with van der Waals surface area (Å²) in [5.74, 6) is 0.148. The monoisotopic (exact) mass is 822 g/mol. The molecule has 290 valence electrons. The Morgan fingerprint density at radius 2 is 1.81 bits per heavy atom. The highest BCUT2D eigenvalue weighted by molar-refractivity contribution is 7.90. The number of amides is 1. The van der Waals surface area contributed by atoms with E-state index in [0.717, 1.165) is 35.0 Å². The number of aromatic nitrogens is 3. The third-order valence-corrected chi connectivity index (χ3v) is 13.5. The Morgan fingerprint density at radius 1 is 1.02 bits per heavy atom. The molecule has 3 aromatic heterocycles. The molecule has 1 saturated carbocycles. The summed E-state index contributed by atoms with van der Waals surface area (Å²) in [6.45, 7) is 2.03. The maximum Gasteiger partial charge on any atom is 0.247 e. The third kappa shape index (κ3) is 7.31. The van der Waals surface area contributed by atoms with Crippen molar-refractivity contribution in [2.24, 2.45) is 0 Å². The van der Waals surface area contributed by atoms with Gasteiger partial charge in [0.1, 0.15) is 22.7 Å². The number of fused-ring (bicyclic) bond motifs is 3. The lowest BCUT2D eigenvalue weighted by atomic mass is 10.0. The van der Waals surface area contributed by atoms with E-state index < -0.39 is 21.2 Å². The van der Waals surface area contributed by atoms with E-state index in [1.807, 2.05) is 48.7 Å². The van der Waals surface area contributed by atoms with E-state index >= 15 is 0 Å². The molecule has 1 amide bonds. The van der Waals surface area contributed by atoms with E-state index in [0.29, 0.717) is 99.2 Å². The van der Waals surface area contributed by atoms with Crippen LogP contribution in [0, 0.1) is 11.3 Å². The number of carbonyl (C=O) groups excluding carboxylic acids is 1. The summed E-state index contributed by atoms with van der Waals surface area (Å²) in [6, 6.07) is 18.9. The van der Waals surface area contributed by atoms with E-state index in [1.165, 1.54) is 0 Å². The van der Waals surface area contributed by atoms with Gasteiger partial charge in [-0.15, -0.1) is 0 Å². The smallest absolute Gasteiger partial charge is 0.247 e. The molecular formula is C41H36Cl2N8O5S. The minimum atomic E-state index is -3.65. The molecule has 16 heteroatoms. The number of aliphatic hydroxyl groups excluding tert-OH is 1. The van der Waals surface area contributed by atoms with E-state index in [-0.39, 0.29) is 24.6 Å². The summed E-state index contributed by atoms with van der Waals surface area (Å²) in [4.78, 5) is 28.8. The van der Waals surface area contributed by atoms with Crippen molar-refractivity contribution in [2.75, 3.05) is 25.0 Å². The largest absolute Gasteiger partial charge is 0.435 e. The van der Waals surface area contributed by atoms with Gasteiger partial charge in [-0.3, -0.25) is 19.4 Å². The van der Waals surface area contributed by atoms with Crippen LogP contribution in [0.1, 0.15) is 54.0 Å². The number of benzene rings is 3. The van der Waals surface area contributed by atoms with Crippen LogP contribution in [0.5, 0.6) is 0 Å². The number of oxazole rings is 1. The Morgan fingerprint density at radius 3 is 2.58 bits per heavy atom. The predicted molar refractivity (Wildman–Crippen MR) is 217 cm³/mol. The standard InChI is InChI=1S/C41H36Cl2N8O5S/c42-36-27(28-4-2-6-33(37(28)43)48-40-38-23(11-13-45-40)15-22(18-47-38)20-51-14-12-24(52)21-51)3-1-5-29(36)41-49-34-16-30-26(31(17-44)39(34)56-41)9-10-32(30)46-19-35(53)50-57(54,55)25-7-8-25/h1-6,11,13,15-16,18,24-25,32,46,52H,7-10,12,14,19-21H2,(H,45,48)(H,50,53)/t24-,32+/m1/s1. The molecule has 6 aromatic rings. The van der Waals surface area contributed by atoms with Gasteiger partial charge in [0, 0.05) is 54.6 Å². The van der Waals surface area contributed by atoms with Crippen LogP contribution < -0.4 is 15.4 Å². The summed E-state index contributed by atoms with van der Waals surface area (Å²) in [6.07, 6.45) is 6.36. The predicted octanol–water partition coefficient (Wildman–Crippen LogP) is 6.78. The average Bonchev–Trinajstić information content (AvgIpc) is 3.70. The van der Waals surface area contributed by atoms with Crippen molar-refractivity contribution in [2.45, 2.75) is 56.0 Å². The number of aliphatic hydroxyl groups is 1. The molecule has 2 atom stereocenters. The Labute approximate surface area is 338 Å². The number of hydrogen-bond acceptors (Lipinski definition) is 12. The van der Waals surface area contributed by atoms with Crippen LogP contribution in [0.15, 0.2) is 71.4 Å². The summed E-state index contributed by atoms with van der Waals surface area (Å²) in [5.41, 5.74) is 6.92. The van der Waals surface area contributed by atoms with Gasteiger partial charge in [0.25, 0.3) is 0 Å². The number of carbonyl (C=O) groups is 1. The highest BCUT2D eigenvalue weighted by atomic mass is 35.5. The Kier molecular flexibility index (Phi) is 9.84. The Bertz CT molecular complexity index is 2750. The van der Waals surface area contributed by atoms with Crippen LogP contribution in [0.4, 0.5) is 11.5 Å². The van der Waals surface area contributed by atoms with Crippen molar-refractivity contribution in [3.63, 3.8) is 0 Å². The molecule has 2 aliphatic carbocycles. The number of nitriles is 1. The minimum absolute atomic E-state index is 0.191. The fraction of sp³-hybridized carbons (Fsp3) is 0.293. The highest BCUT2D eigenvalue weighted by Gasteiger charge is 2.37. The second-order valence-electron chi connectivity index (χ2n) is 14.8. The molecular weight excluding hydrogens is 787 g/mol. The first-order valence-corrected chi connectivity index (χ1v) is 21.0. The van der Waals surface area contributed by atoms with E-state index in [4.69, 9.17) is 37.6 Å². The molecule has 57 heavy (non-hydrogen) atoms. The van der Waals surface area contributed by atoms with E-state index in [2.05, 4.69) is 37.4 Å². The van der Waals surface area contributed by atoms with E-state index in [1.54, 1.807) is 12.3 Å². The number of anilines is 2. The lowest BCUT2D eigenvalue weighted by molar-refractivity contribution is -0.118. The molecule has 3 aliphatic rings. The molecule has 1 aliphatic heterocycles. The lowest BCUT2D eigenvalue weighted by Gasteiger charge is -2.16. The number of pyridine rings is 2. The molecule has 0 bridgehead atoms. The number of nitrogens with one attached hydrogen (secondary N) is 3. The molecule has 3 aromatic carbocycles. The van der Waals surface area contributed by atoms with Gasteiger partial charge in [0.05, 0.1) is 39.2 Å². The van der Waals surface area contributed by atoms with Crippen LogP contribution in [0.25, 0.3) is 44.6 Å². The van der Waals surface area contributed by atoms with Gasteiger partial charge >= 0.3 is 0 Å². The number of halogens is 2. The van der Waals surface area contributed by atoms with E-state index in [9.17, 15) is 23.6 Å². The van der Waals surface area contributed by atoms with Gasteiger partial charge in [-0.25, -0.2) is 18.4 Å². The summed E-state index contributed by atoms with van der Waals surface area (Å²) in [5, 5.41) is 27.9. The zero-order valence-electron chi connectivity index (χ0n) is 30.4. The fourth-order valence-corrected chi connectivity index (χ4v) is 9.73. The van der Waals surface area contributed by atoms with Gasteiger partial charge in [-0.2, -0.15) is 5.26 Å². The normalized spacial score (nSPS) is 18.2. The van der Waals surface area contributed by atoms with Crippen molar-refractivity contribution in [3.8, 4) is 28.7 Å². The van der Waals surface area contributed by atoms with Crippen LogP contribution >= 0.6 is 23.2 Å². The molecule has 2 fully saturated rings. The van der Waals surface area contributed by atoms with Crippen LogP contribution in [0.2, 0.25) is 10.0 Å². The number of hydrogen-bond donors (Lipinski definition) is 4. The number of likely N-dealkylation sites (tertiary alicyclic amines) is 1. The molecule has 0 unspecified atom stereocenters. The average molecular weight is 824 g/mol. The van der Waals surface area contributed by atoms with Crippen LogP contribution in [-0.4, -0.2) is 70.3 Å². The first-order valence-electron chi connectivity index (χ1n) is 18.7. The minimum Gasteiger partial charge on any atom is -0.435 e. The molecule has 4 N–H and O–H groups in total. The molecule has 0 radical (unpaired) electrons. The topological polar surface area (TPSA) is 186 Å². The first-order chi connectivity index (χ1) is 27.6. The quantitative estimate of drug-likeness (QED) is 0.108. The number of sulfonamides is 1. The van der Waals surface area contributed by atoms with Crippen molar-refractivity contribution in [1.82, 2.24) is 29.9 Å². The molecule has 13 nitrogen and oxygen atoms in total. The fourth-order valence-electron chi connectivity index (χ4n) is 7.83. The van der Waals surface area contributed by atoms with Gasteiger partial charge < -0.3 is 20.2 Å². The molecule has 1 saturated heterocycles. The summed E-state index contributed by atoms with van der Waals surface area (Å²) < 4.78 is 32.9.